The lowest BCUT2D eigenvalue weighted by Crippen LogP contribution is -2.82. The number of carbonyl (C=O) groups excluding carboxylic acids is 5. The Labute approximate surface area is 266 Å². The van der Waals surface area contributed by atoms with E-state index in [-0.39, 0.29) is 18.4 Å². The van der Waals surface area contributed by atoms with Gasteiger partial charge in [0.25, 0.3) is 0 Å². The maximum atomic E-state index is 14.7. The van der Waals surface area contributed by atoms with Crippen LogP contribution in [0, 0.1) is 11.3 Å². The summed E-state index contributed by atoms with van der Waals surface area (Å²) < 4.78 is 30.2. The van der Waals surface area contributed by atoms with Gasteiger partial charge < -0.3 is 28.8 Å². The van der Waals surface area contributed by atoms with Crippen molar-refractivity contribution in [2.24, 2.45) is 11.3 Å². The molecule has 1 saturated heterocycles. The molecule has 1 heterocycles. The highest BCUT2D eigenvalue weighted by Gasteiger charge is 2.87. The zero-order valence-corrected chi connectivity index (χ0v) is 26.4. The molecule has 3 aliphatic rings. The number of hydrogen-bond acceptors (Lipinski definition) is 11. The summed E-state index contributed by atoms with van der Waals surface area (Å²) in [6.45, 7) is 6.29. The van der Waals surface area contributed by atoms with Crippen molar-refractivity contribution in [2.45, 2.75) is 82.6 Å². The lowest BCUT2D eigenvalue weighted by molar-refractivity contribution is -0.334. The van der Waals surface area contributed by atoms with Crippen LogP contribution in [0.25, 0.3) is 6.08 Å². The fourth-order valence-corrected chi connectivity index (χ4v) is 7.59. The smallest absolute Gasteiger partial charge is 0.338 e. The third-order valence-electron chi connectivity index (χ3n) is 9.38. The molecular weight excluding hydrogens is 596 g/mol. The standard InChI is InChI=1S/C35H38O11/c1-21(36)42-20-34-25(44-26(38)17-16-23-12-8-6-9-13-23)18-19-33(5,41)35(34)29(43-22(2)37)27(32(3,4)46-35)28(39)30(34)45-31(40)24-14-10-7-11-15-24/h6-17,25,27,29-30,41H,18-20H2,1-5H3. The van der Waals surface area contributed by atoms with Crippen molar-refractivity contribution in [1.29, 1.82) is 0 Å². The molecule has 2 saturated carbocycles. The highest BCUT2D eigenvalue weighted by atomic mass is 16.6. The SMILES string of the molecule is CC(=O)OCC12C(OC(=O)C=Cc3ccccc3)CCC(C)(O)C13OC(C)(C)C(C(=O)C2OC(=O)c1ccccc1)C3OC(C)=O. The summed E-state index contributed by atoms with van der Waals surface area (Å²) in [5, 5.41) is 12.3. The van der Waals surface area contributed by atoms with Crippen LogP contribution in [-0.4, -0.2) is 76.5 Å². The van der Waals surface area contributed by atoms with Crippen LogP contribution in [0.4, 0.5) is 0 Å². The van der Waals surface area contributed by atoms with Crippen molar-refractivity contribution in [2.75, 3.05) is 6.61 Å². The van der Waals surface area contributed by atoms with Crippen molar-refractivity contribution in [1.82, 2.24) is 0 Å². The zero-order chi connectivity index (χ0) is 33.5. The van der Waals surface area contributed by atoms with Crippen LogP contribution < -0.4 is 0 Å². The third kappa shape index (κ3) is 5.41. The number of ketones is 1. The molecule has 1 aliphatic heterocycles. The number of aliphatic hydroxyl groups is 1. The molecule has 2 bridgehead atoms. The second-order valence-electron chi connectivity index (χ2n) is 12.8. The van der Waals surface area contributed by atoms with E-state index in [4.69, 9.17) is 23.7 Å². The van der Waals surface area contributed by atoms with Crippen molar-refractivity contribution in [3.8, 4) is 0 Å². The van der Waals surface area contributed by atoms with Crippen LogP contribution >= 0.6 is 0 Å². The molecule has 2 aromatic carbocycles. The fraction of sp³-hybridized carbons (Fsp3) is 0.457. The number of esters is 4. The average molecular weight is 635 g/mol. The Bertz CT molecular complexity index is 1550. The first kappa shape index (κ1) is 33.0. The van der Waals surface area contributed by atoms with E-state index in [0.717, 1.165) is 19.4 Å². The molecule has 7 unspecified atom stereocenters. The van der Waals surface area contributed by atoms with E-state index >= 15 is 0 Å². The molecule has 2 aromatic rings. The Morgan fingerprint density at radius 3 is 2.15 bits per heavy atom. The van der Waals surface area contributed by atoms with Crippen LogP contribution in [0.15, 0.2) is 66.7 Å². The molecule has 1 N–H and O–H groups in total. The monoisotopic (exact) mass is 634 g/mol. The maximum Gasteiger partial charge on any atom is 0.338 e. The van der Waals surface area contributed by atoms with Gasteiger partial charge in [0.2, 0.25) is 0 Å². The normalized spacial score (nSPS) is 32.7. The molecule has 244 valence electrons. The molecule has 2 aliphatic carbocycles. The minimum absolute atomic E-state index is 0.0384. The van der Waals surface area contributed by atoms with E-state index in [0.29, 0.717) is 0 Å². The molecule has 11 heteroatoms. The fourth-order valence-electron chi connectivity index (χ4n) is 7.59. The number of rotatable bonds is 8. The molecule has 3 fully saturated rings. The van der Waals surface area contributed by atoms with Gasteiger partial charge in [-0.1, -0.05) is 48.5 Å². The van der Waals surface area contributed by atoms with Crippen molar-refractivity contribution in [3.05, 3.63) is 77.9 Å². The number of Topliss-reactive ketones (excluding diaryl/α,β-unsaturated/α-hetero) is 1. The van der Waals surface area contributed by atoms with Gasteiger partial charge in [0.1, 0.15) is 24.2 Å². The van der Waals surface area contributed by atoms with E-state index in [1.165, 1.54) is 25.1 Å². The van der Waals surface area contributed by atoms with E-state index in [2.05, 4.69) is 0 Å². The van der Waals surface area contributed by atoms with Crippen molar-refractivity contribution < 1.29 is 52.8 Å². The Morgan fingerprint density at radius 1 is 0.913 bits per heavy atom. The van der Waals surface area contributed by atoms with E-state index in [1.807, 2.05) is 6.07 Å². The summed E-state index contributed by atoms with van der Waals surface area (Å²) >= 11 is 0. The molecule has 46 heavy (non-hydrogen) atoms. The lowest BCUT2D eigenvalue weighted by Gasteiger charge is -2.64. The van der Waals surface area contributed by atoms with Gasteiger partial charge in [0, 0.05) is 19.9 Å². The van der Waals surface area contributed by atoms with Gasteiger partial charge >= 0.3 is 23.9 Å². The third-order valence-corrected chi connectivity index (χ3v) is 9.38. The minimum Gasteiger partial charge on any atom is -0.465 e. The molecule has 0 amide bonds. The highest BCUT2D eigenvalue weighted by Crippen LogP contribution is 2.68. The van der Waals surface area contributed by atoms with Gasteiger partial charge in [-0.2, -0.15) is 0 Å². The van der Waals surface area contributed by atoms with E-state index in [1.54, 1.807) is 62.4 Å². The highest BCUT2D eigenvalue weighted by molar-refractivity contribution is 5.96. The summed E-state index contributed by atoms with van der Waals surface area (Å²) in [7, 11) is 0. The molecule has 0 aromatic heterocycles. The summed E-state index contributed by atoms with van der Waals surface area (Å²) in [4.78, 5) is 66.7. The predicted molar refractivity (Wildman–Crippen MR) is 162 cm³/mol. The van der Waals surface area contributed by atoms with Crippen LogP contribution in [0.3, 0.4) is 0 Å². The minimum atomic E-state index is -2.07. The quantitative estimate of drug-likeness (QED) is 0.258. The van der Waals surface area contributed by atoms with Gasteiger partial charge in [-0.25, -0.2) is 9.59 Å². The van der Waals surface area contributed by atoms with Gasteiger partial charge in [0.15, 0.2) is 17.5 Å². The maximum absolute atomic E-state index is 14.7. The zero-order valence-electron chi connectivity index (χ0n) is 26.4. The number of benzene rings is 2. The second-order valence-corrected chi connectivity index (χ2v) is 12.8. The number of fused-ring (bicyclic) bond motifs is 1. The van der Waals surface area contributed by atoms with Gasteiger partial charge in [-0.15, -0.1) is 0 Å². The summed E-state index contributed by atoms with van der Waals surface area (Å²) in [6, 6.07) is 17.0. The summed E-state index contributed by atoms with van der Waals surface area (Å²) in [5.74, 6) is -5.11. The van der Waals surface area contributed by atoms with Crippen molar-refractivity contribution >= 4 is 35.7 Å². The molecule has 1 spiro atoms. The van der Waals surface area contributed by atoms with Crippen LogP contribution in [0.1, 0.15) is 63.4 Å². The Hall–Kier alpha value is -4.35. The van der Waals surface area contributed by atoms with Crippen LogP contribution in [-0.2, 0) is 42.9 Å². The molecule has 11 nitrogen and oxygen atoms in total. The first-order valence-electron chi connectivity index (χ1n) is 15.1. The van der Waals surface area contributed by atoms with Crippen LogP contribution in [0.5, 0.6) is 0 Å². The molecule has 7 atom stereocenters. The molecule has 5 rings (SSSR count). The average Bonchev–Trinajstić information content (AvgIpc) is 3.21. The van der Waals surface area contributed by atoms with E-state index in [9.17, 15) is 29.1 Å². The Kier molecular flexibility index (Phi) is 8.69. The van der Waals surface area contributed by atoms with E-state index < -0.39 is 82.7 Å². The second kappa shape index (κ2) is 12.1. The first-order chi connectivity index (χ1) is 21.7. The lowest BCUT2D eigenvalue weighted by atomic mass is 9.46. The largest absolute Gasteiger partial charge is 0.465 e. The number of ether oxygens (including phenoxy) is 5. The van der Waals surface area contributed by atoms with Gasteiger partial charge in [-0.3, -0.25) is 14.4 Å². The van der Waals surface area contributed by atoms with Crippen molar-refractivity contribution in [3.63, 3.8) is 0 Å². The topological polar surface area (TPSA) is 152 Å². The molecular formula is C35H38O11. The van der Waals surface area contributed by atoms with Gasteiger partial charge in [-0.05, 0) is 57.4 Å². The first-order valence-corrected chi connectivity index (χ1v) is 15.1. The number of hydrogen-bond donors (Lipinski definition) is 1. The summed E-state index contributed by atoms with van der Waals surface area (Å²) in [5.41, 5.74) is -6.53. The Morgan fingerprint density at radius 2 is 1.54 bits per heavy atom. The predicted octanol–water partition coefficient (Wildman–Crippen LogP) is 3.61. The number of carbonyl (C=O) groups is 5. The Balaban J connectivity index is 1.72. The molecule has 0 radical (unpaired) electrons. The van der Waals surface area contributed by atoms with Crippen LogP contribution in [0.2, 0.25) is 0 Å². The van der Waals surface area contributed by atoms with Gasteiger partial charge in [0.05, 0.1) is 22.7 Å². The summed E-state index contributed by atoms with van der Waals surface area (Å²) in [6.07, 6.45) is -1.85.